The van der Waals surface area contributed by atoms with Crippen molar-refractivity contribution in [2.75, 3.05) is 12.8 Å². The zero-order chi connectivity index (χ0) is 11.6. The zero-order valence-electron chi connectivity index (χ0n) is 9.94. The Balaban J connectivity index is 1.81. The number of nitrogens with zero attached hydrogens (tertiary/aromatic N) is 1. The number of nitrogens with two attached hydrogens (primary N) is 1. The standard InChI is InChI=1S/C14H16N2O/c1-17-11-2-3-12-9(4-11)5-13(15)16(12)8-14-6-10(14)7-14/h2-5,10H,6-8,15H2,1H3. The van der Waals surface area contributed by atoms with Crippen LogP contribution in [0.1, 0.15) is 12.8 Å². The zero-order valence-corrected chi connectivity index (χ0v) is 9.94. The average molecular weight is 228 g/mol. The molecule has 2 saturated carbocycles. The molecule has 0 amide bonds. The van der Waals surface area contributed by atoms with Gasteiger partial charge in [-0.1, -0.05) is 0 Å². The van der Waals surface area contributed by atoms with Crippen molar-refractivity contribution in [3.63, 3.8) is 0 Å². The molecular formula is C14H16N2O. The maximum absolute atomic E-state index is 6.12. The summed E-state index contributed by atoms with van der Waals surface area (Å²) in [5.74, 6) is 2.77. The highest BCUT2D eigenvalue weighted by Crippen LogP contribution is 2.76. The molecule has 17 heavy (non-hydrogen) atoms. The number of anilines is 1. The molecule has 3 nitrogen and oxygen atoms in total. The Kier molecular flexibility index (Phi) is 1.54. The number of fused-ring (bicyclic) bond motifs is 2. The predicted octanol–water partition coefficient (Wildman–Crippen LogP) is 2.64. The van der Waals surface area contributed by atoms with Crippen LogP contribution in [-0.2, 0) is 6.54 Å². The van der Waals surface area contributed by atoms with E-state index in [0.29, 0.717) is 5.41 Å². The highest BCUT2D eigenvalue weighted by molar-refractivity contribution is 5.85. The molecule has 2 fully saturated rings. The van der Waals surface area contributed by atoms with Gasteiger partial charge >= 0.3 is 0 Å². The Hall–Kier alpha value is -1.64. The van der Waals surface area contributed by atoms with Crippen LogP contribution < -0.4 is 10.5 Å². The van der Waals surface area contributed by atoms with Gasteiger partial charge in [0, 0.05) is 17.4 Å². The van der Waals surface area contributed by atoms with E-state index in [4.69, 9.17) is 10.5 Å². The minimum Gasteiger partial charge on any atom is -0.497 e. The summed E-state index contributed by atoms with van der Waals surface area (Å²) < 4.78 is 7.51. The Labute approximate surface area is 100 Å². The van der Waals surface area contributed by atoms with E-state index in [1.165, 1.54) is 23.7 Å². The summed E-state index contributed by atoms with van der Waals surface area (Å²) in [6.45, 7) is 1.10. The van der Waals surface area contributed by atoms with E-state index in [1.807, 2.05) is 12.1 Å². The van der Waals surface area contributed by atoms with Gasteiger partial charge in [0.15, 0.2) is 0 Å². The van der Waals surface area contributed by atoms with Crippen LogP contribution in [-0.4, -0.2) is 11.7 Å². The first kappa shape index (κ1) is 9.40. The first-order valence-corrected chi connectivity index (χ1v) is 6.15. The second kappa shape index (κ2) is 2.78. The number of ether oxygens (including phenoxy) is 1. The van der Waals surface area contributed by atoms with Crippen molar-refractivity contribution in [2.24, 2.45) is 11.3 Å². The topological polar surface area (TPSA) is 40.2 Å². The summed E-state index contributed by atoms with van der Waals surface area (Å²) in [6.07, 6.45) is 2.81. The number of hydrogen-bond donors (Lipinski definition) is 1. The van der Waals surface area contributed by atoms with Gasteiger partial charge in [0.2, 0.25) is 0 Å². The summed E-state index contributed by atoms with van der Waals surface area (Å²) in [7, 11) is 1.69. The lowest BCUT2D eigenvalue weighted by atomic mass is 10.2. The van der Waals surface area contributed by atoms with Crippen LogP contribution in [0.2, 0.25) is 0 Å². The molecule has 0 saturated heterocycles. The number of aromatic nitrogens is 1. The van der Waals surface area contributed by atoms with Gasteiger partial charge in [0.1, 0.15) is 11.6 Å². The third-order valence-electron chi connectivity index (χ3n) is 4.47. The van der Waals surface area contributed by atoms with Crippen molar-refractivity contribution < 1.29 is 4.74 Å². The normalized spacial score (nSPS) is 29.1. The monoisotopic (exact) mass is 228 g/mol. The molecule has 2 aromatic rings. The third-order valence-corrected chi connectivity index (χ3v) is 4.47. The second-order valence-corrected chi connectivity index (χ2v) is 5.55. The van der Waals surface area contributed by atoms with E-state index in [2.05, 4.69) is 16.7 Å². The van der Waals surface area contributed by atoms with Crippen LogP contribution in [0.3, 0.4) is 0 Å². The fourth-order valence-corrected chi connectivity index (χ4v) is 2.95. The number of methoxy groups -OCH3 is 1. The van der Waals surface area contributed by atoms with E-state index in [-0.39, 0.29) is 0 Å². The van der Waals surface area contributed by atoms with E-state index >= 15 is 0 Å². The Morgan fingerprint density at radius 2 is 2.18 bits per heavy atom. The maximum Gasteiger partial charge on any atom is 0.119 e. The maximum atomic E-state index is 6.12. The largest absolute Gasteiger partial charge is 0.497 e. The van der Waals surface area contributed by atoms with Gasteiger partial charge in [-0.25, -0.2) is 0 Å². The molecule has 0 bridgehead atoms. The van der Waals surface area contributed by atoms with Crippen LogP contribution in [0.5, 0.6) is 5.75 Å². The van der Waals surface area contributed by atoms with Gasteiger partial charge in [-0.3, -0.25) is 0 Å². The summed E-state index contributed by atoms with van der Waals surface area (Å²) >= 11 is 0. The number of benzene rings is 1. The molecule has 1 aromatic carbocycles. The van der Waals surface area contributed by atoms with Crippen LogP contribution in [0.15, 0.2) is 24.3 Å². The summed E-state index contributed by atoms with van der Waals surface area (Å²) in [5, 5.41) is 1.18. The molecular weight excluding hydrogens is 212 g/mol. The van der Waals surface area contributed by atoms with Gasteiger partial charge in [-0.2, -0.15) is 0 Å². The van der Waals surface area contributed by atoms with Crippen LogP contribution in [0, 0.1) is 11.3 Å². The van der Waals surface area contributed by atoms with Crippen molar-refractivity contribution in [3.05, 3.63) is 24.3 Å². The molecule has 4 rings (SSSR count). The van der Waals surface area contributed by atoms with Gasteiger partial charge in [-0.15, -0.1) is 0 Å². The molecule has 2 aliphatic rings. The fourth-order valence-electron chi connectivity index (χ4n) is 2.95. The highest BCUT2D eigenvalue weighted by atomic mass is 16.5. The van der Waals surface area contributed by atoms with E-state index in [9.17, 15) is 0 Å². The first-order chi connectivity index (χ1) is 8.22. The van der Waals surface area contributed by atoms with Gasteiger partial charge in [0.25, 0.3) is 0 Å². The molecule has 0 radical (unpaired) electrons. The molecule has 2 aliphatic carbocycles. The van der Waals surface area contributed by atoms with E-state index < -0.39 is 0 Å². The van der Waals surface area contributed by atoms with E-state index in [1.54, 1.807) is 7.11 Å². The molecule has 0 unspecified atom stereocenters. The van der Waals surface area contributed by atoms with E-state index in [0.717, 1.165) is 24.0 Å². The smallest absolute Gasteiger partial charge is 0.119 e. The third kappa shape index (κ3) is 1.22. The minimum atomic E-state index is 0.625. The molecule has 0 aliphatic heterocycles. The Morgan fingerprint density at radius 1 is 1.41 bits per heavy atom. The lowest BCUT2D eigenvalue weighted by Crippen LogP contribution is -2.07. The number of hydrogen-bond acceptors (Lipinski definition) is 2. The quantitative estimate of drug-likeness (QED) is 0.877. The Morgan fingerprint density at radius 3 is 2.82 bits per heavy atom. The fraction of sp³-hybridized carbons (Fsp3) is 0.429. The van der Waals surface area contributed by atoms with Crippen molar-refractivity contribution in [1.29, 1.82) is 0 Å². The molecule has 0 spiro atoms. The van der Waals surface area contributed by atoms with Gasteiger partial charge in [-0.05, 0) is 48.4 Å². The average Bonchev–Trinajstić information content (AvgIpc) is 3.12. The SMILES string of the molecule is COc1ccc2c(c1)cc(N)n2CC12CC1C2. The van der Waals surface area contributed by atoms with Crippen molar-refractivity contribution in [1.82, 2.24) is 4.57 Å². The molecule has 2 N–H and O–H groups in total. The summed E-state index contributed by atoms with van der Waals surface area (Å²) in [6, 6.07) is 8.22. The Bertz CT molecular complexity index is 608. The van der Waals surface area contributed by atoms with Gasteiger partial charge in [0.05, 0.1) is 7.11 Å². The lowest BCUT2D eigenvalue weighted by molar-refractivity contribution is 0.415. The predicted molar refractivity (Wildman–Crippen MR) is 68.1 cm³/mol. The minimum absolute atomic E-state index is 0.625. The van der Waals surface area contributed by atoms with Crippen LogP contribution >= 0.6 is 0 Å². The number of nitrogen functional groups attached to an aromatic ring is 1. The van der Waals surface area contributed by atoms with Crippen molar-refractivity contribution >= 4 is 16.7 Å². The summed E-state index contributed by atoms with van der Waals surface area (Å²) in [4.78, 5) is 0. The molecule has 3 heteroatoms. The molecule has 1 heterocycles. The molecule has 1 aromatic heterocycles. The van der Waals surface area contributed by atoms with Gasteiger partial charge < -0.3 is 15.0 Å². The summed E-state index contributed by atoms with van der Waals surface area (Å²) in [5.41, 5.74) is 7.98. The second-order valence-electron chi connectivity index (χ2n) is 5.55. The molecule has 88 valence electrons. The van der Waals surface area contributed by atoms with Crippen LogP contribution in [0.25, 0.3) is 10.9 Å². The number of rotatable bonds is 3. The molecule has 0 atom stereocenters. The first-order valence-electron chi connectivity index (χ1n) is 6.15. The highest BCUT2D eigenvalue weighted by Gasteiger charge is 2.69. The van der Waals surface area contributed by atoms with Crippen molar-refractivity contribution in [3.8, 4) is 5.75 Å². The van der Waals surface area contributed by atoms with Crippen molar-refractivity contribution in [2.45, 2.75) is 19.4 Å². The van der Waals surface area contributed by atoms with Crippen LogP contribution in [0.4, 0.5) is 5.82 Å². The lowest BCUT2D eigenvalue weighted by Gasteiger charge is -2.10.